The molecule has 14 heteroatoms. The van der Waals surface area contributed by atoms with Crippen molar-refractivity contribution in [2.24, 2.45) is 0 Å². The normalized spacial score (nSPS) is 11.3. The van der Waals surface area contributed by atoms with Gasteiger partial charge in [0.25, 0.3) is 11.4 Å². The number of hydrogen-bond acceptors (Lipinski definition) is 7. The van der Waals surface area contributed by atoms with Gasteiger partial charge in [-0.2, -0.15) is 13.2 Å². The van der Waals surface area contributed by atoms with Crippen LogP contribution >= 0.6 is 0 Å². The van der Waals surface area contributed by atoms with Gasteiger partial charge in [-0.15, -0.1) is 0 Å². The average molecular weight is 520 g/mol. The molecule has 0 fully saturated rings. The van der Waals surface area contributed by atoms with Crippen LogP contribution in [0.15, 0.2) is 48.5 Å². The number of non-ortho nitro benzene ring substituents is 2. The minimum atomic E-state index is -6.09. The van der Waals surface area contributed by atoms with E-state index in [4.69, 9.17) is 13.0 Å². The summed E-state index contributed by atoms with van der Waals surface area (Å²) < 4.78 is 61.0. The zero-order chi connectivity index (χ0) is 20.8. The number of alkyl halides is 3. The summed E-state index contributed by atoms with van der Waals surface area (Å²) >= 11 is -0.482. The zero-order valence-corrected chi connectivity index (χ0v) is 15.8. The van der Waals surface area contributed by atoms with Crippen molar-refractivity contribution >= 4 is 21.5 Å². The van der Waals surface area contributed by atoms with Crippen LogP contribution in [0.4, 0.5) is 24.5 Å². The number of hydrogen-bond donors (Lipinski definition) is 0. The number of benzene rings is 2. The lowest BCUT2D eigenvalue weighted by Gasteiger charge is -2.08. The van der Waals surface area contributed by atoms with Gasteiger partial charge in [0.2, 0.25) is 0 Å². The van der Waals surface area contributed by atoms with E-state index in [2.05, 4.69) is 0 Å². The van der Waals surface area contributed by atoms with Crippen LogP contribution in [0.25, 0.3) is 0 Å². The molecule has 0 aliphatic carbocycles. The molecule has 0 unspecified atom stereocenters. The summed E-state index contributed by atoms with van der Waals surface area (Å²) in [5, 5.41) is 21.0. The van der Waals surface area contributed by atoms with Crippen molar-refractivity contribution in [1.29, 1.82) is 0 Å². The predicted molar refractivity (Wildman–Crippen MR) is 79.3 cm³/mol. The molecule has 0 saturated carbocycles. The Morgan fingerprint density at radius 2 is 1.04 bits per heavy atom. The van der Waals surface area contributed by atoms with Gasteiger partial charge < -0.3 is 4.55 Å². The minimum absolute atomic E-state index is 0.0662. The van der Waals surface area contributed by atoms with E-state index in [1.54, 1.807) is 24.3 Å². The minimum Gasteiger partial charge on any atom is -0.741 e. The molecule has 0 N–H and O–H groups in total. The van der Waals surface area contributed by atoms with Crippen molar-refractivity contribution in [3.63, 3.8) is 0 Å². The van der Waals surface area contributed by atoms with Gasteiger partial charge in [-0.25, -0.2) is 8.42 Å². The van der Waals surface area contributed by atoms with E-state index < -0.39 is 46.7 Å². The van der Waals surface area contributed by atoms with Crippen LogP contribution in [0.1, 0.15) is 0 Å². The Kier molecular flexibility index (Phi) is 7.61. The fourth-order valence-corrected chi connectivity index (χ4v) is 3.54. The highest BCUT2D eigenvalue weighted by Gasteiger charge is 2.36. The quantitative estimate of drug-likeness (QED) is 0.177. The second kappa shape index (κ2) is 9.05. The maximum Gasteiger partial charge on any atom is 0.485 e. The second-order valence-corrected chi connectivity index (χ2v) is 8.86. The Labute approximate surface area is 160 Å². The molecule has 0 aliphatic heterocycles. The largest absolute Gasteiger partial charge is 0.741 e. The first-order valence-corrected chi connectivity index (χ1v) is 10.0. The fourth-order valence-electron chi connectivity index (χ4n) is 1.38. The monoisotopic (exact) mass is 520 g/mol. The number of nitrogens with zero attached hydrogens (tertiary/aromatic N) is 2. The van der Waals surface area contributed by atoms with Crippen LogP contribution in [0, 0.1) is 27.4 Å². The Balaban J connectivity index is 0.000000387. The predicted octanol–water partition coefficient (Wildman–Crippen LogP) is -0.317. The molecule has 0 saturated heterocycles. The molecule has 0 spiro atoms. The first-order chi connectivity index (χ1) is 12.3. The van der Waals surface area contributed by atoms with E-state index >= 15 is 0 Å². The van der Waals surface area contributed by atoms with Gasteiger partial charge in [0.15, 0.2) is 17.3 Å². The SMILES string of the molecule is O=S(=O)([O-])C(F)(F)F.O=[N+]([O-])c1ccc([I+]c2ccc([N+](=O)[O-])cc2)cc1. The molecular weight excluding hydrogens is 512 g/mol. The molecule has 9 nitrogen and oxygen atoms in total. The van der Waals surface area contributed by atoms with Crippen molar-refractivity contribution < 1.29 is 57.2 Å². The highest BCUT2D eigenvalue weighted by atomic mass is 127. The maximum absolute atomic E-state index is 10.7. The molecule has 2 rings (SSSR count). The first kappa shape index (κ1) is 22.7. The topological polar surface area (TPSA) is 143 Å². The summed E-state index contributed by atoms with van der Waals surface area (Å²) in [6, 6.07) is 12.8. The molecule has 2 aromatic rings. The summed E-state index contributed by atoms with van der Waals surface area (Å²) in [6.45, 7) is 0. The smallest absolute Gasteiger partial charge is 0.485 e. The van der Waals surface area contributed by atoms with Gasteiger partial charge in [-0.1, -0.05) is 0 Å². The number of rotatable bonds is 4. The van der Waals surface area contributed by atoms with Crippen molar-refractivity contribution in [1.82, 2.24) is 0 Å². The van der Waals surface area contributed by atoms with E-state index in [1.165, 1.54) is 24.3 Å². The van der Waals surface area contributed by atoms with Crippen molar-refractivity contribution in [2.75, 3.05) is 0 Å². The third kappa shape index (κ3) is 7.43. The lowest BCUT2D eigenvalue weighted by Crippen LogP contribution is -3.61. The molecule has 27 heavy (non-hydrogen) atoms. The third-order valence-electron chi connectivity index (χ3n) is 2.58. The van der Waals surface area contributed by atoms with E-state index in [-0.39, 0.29) is 11.4 Å². The number of nitro benzene ring substituents is 2. The average Bonchev–Trinajstić information content (AvgIpc) is 2.54. The number of nitro groups is 2. The van der Waals surface area contributed by atoms with Crippen LogP contribution in [0.5, 0.6) is 0 Å². The molecule has 0 radical (unpaired) electrons. The standard InChI is InChI=1S/C12H8IN2O4.CHF3O3S/c16-14(17)11-5-1-9(2-6-11)13-10-3-7-12(8-4-10)15(18)19;2-1(3,4)8(5,6)7/h1-8H;(H,5,6,7)/q+1;/p-1. The van der Waals surface area contributed by atoms with Gasteiger partial charge in [0.05, 0.1) is 9.85 Å². The lowest BCUT2D eigenvalue weighted by atomic mass is 10.3. The summed E-state index contributed by atoms with van der Waals surface area (Å²) in [4.78, 5) is 20.2. The number of halogens is 4. The van der Waals surface area contributed by atoms with Crippen molar-refractivity contribution in [2.45, 2.75) is 5.51 Å². The Hall–Kier alpha value is -2.33. The lowest BCUT2D eigenvalue weighted by molar-refractivity contribution is -0.597. The fraction of sp³-hybridized carbons (Fsp3) is 0.0769. The van der Waals surface area contributed by atoms with E-state index in [0.29, 0.717) is 0 Å². The van der Waals surface area contributed by atoms with Gasteiger partial charge in [0, 0.05) is 24.3 Å². The zero-order valence-electron chi connectivity index (χ0n) is 12.8. The third-order valence-corrected chi connectivity index (χ3v) is 5.83. The molecule has 0 aliphatic rings. The summed E-state index contributed by atoms with van der Waals surface area (Å²) in [6.07, 6.45) is 0. The van der Waals surface area contributed by atoms with Crippen LogP contribution in [-0.4, -0.2) is 28.3 Å². The van der Waals surface area contributed by atoms with Crippen LogP contribution in [0.3, 0.4) is 0 Å². The molecular formula is C13H8F3IN2O7S. The van der Waals surface area contributed by atoms with E-state index in [9.17, 15) is 33.4 Å². The van der Waals surface area contributed by atoms with E-state index in [1.807, 2.05) is 0 Å². The highest BCUT2D eigenvalue weighted by molar-refractivity contribution is 7.86. The molecule has 0 atom stereocenters. The van der Waals surface area contributed by atoms with Crippen molar-refractivity contribution in [3.8, 4) is 0 Å². The van der Waals surface area contributed by atoms with Crippen LogP contribution in [0.2, 0.25) is 0 Å². The molecule has 0 bridgehead atoms. The van der Waals surface area contributed by atoms with Gasteiger partial charge >= 0.3 is 26.7 Å². The Morgan fingerprint density at radius 1 is 0.778 bits per heavy atom. The summed E-state index contributed by atoms with van der Waals surface area (Å²) in [7, 11) is -6.09. The Morgan fingerprint density at radius 3 is 1.22 bits per heavy atom. The molecule has 0 aromatic heterocycles. The van der Waals surface area contributed by atoms with Crippen LogP contribution < -0.4 is 21.2 Å². The highest BCUT2D eigenvalue weighted by Crippen LogP contribution is 2.20. The Bertz CT molecular complexity index is 861. The molecule has 0 heterocycles. The molecule has 146 valence electrons. The second-order valence-electron chi connectivity index (χ2n) is 4.46. The molecule has 0 amide bonds. The molecule has 2 aromatic carbocycles. The summed E-state index contributed by atoms with van der Waals surface area (Å²) in [5.74, 6) is 0. The van der Waals surface area contributed by atoms with E-state index in [0.717, 1.165) is 7.14 Å². The first-order valence-electron chi connectivity index (χ1n) is 6.47. The summed E-state index contributed by atoms with van der Waals surface area (Å²) in [5.41, 5.74) is -5.51. The maximum atomic E-state index is 10.7. The van der Waals surface area contributed by atoms with Crippen LogP contribution in [-0.2, 0) is 10.1 Å². The van der Waals surface area contributed by atoms with Crippen molar-refractivity contribution in [3.05, 3.63) is 75.9 Å². The van der Waals surface area contributed by atoms with Gasteiger partial charge in [-0.3, -0.25) is 20.2 Å². The van der Waals surface area contributed by atoms with Gasteiger partial charge in [-0.05, 0) is 24.3 Å². The van der Waals surface area contributed by atoms with Gasteiger partial charge in [0.1, 0.15) is 0 Å².